The fraction of sp³-hybridized carbons (Fsp3) is 0.312. The quantitative estimate of drug-likeness (QED) is 0.214. The third-order valence-corrected chi connectivity index (χ3v) is 7.28. The lowest BCUT2D eigenvalue weighted by Gasteiger charge is -2.25. The maximum Gasteiger partial charge on any atom is 0.344 e. The van der Waals surface area contributed by atoms with Gasteiger partial charge in [0.2, 0.25) is 0 Å². The number of aromatic nitrogens is 1. The van der Waals surface area contributed by atoms with E-state index in [1.165, 1.54) is 15.9 Å². The predicted octanol–water partition coefficient (Wildman–Crippen LogP) is 3.70. The van der Waals surface area contributed by atoms with Crippen molar-refractivity contribution in [3.63, 3.8) is 0 Å². The molecule has 0 radical (unpaired) electrons. The summed E-state index contributed by atoms with van der Waals surface area (Å²) >= 11 is 1.22. The van der Waals surface area contributed by atoms with Gasteiger partial charge in [0.1, 0.15) is 12.4 Å². The summed E-state index contributed by atoms with van der Waals surface area (Å²) in [6.07, 6.45) is 3.38. The van der Waals surface area contributed by atoms with E-state index < -0.39 is 18.0 Å². The maximum absolute atomic E-state index is 13.9. The van der Waals surface area contributed by atoms with E-state index in [2.05, 4.69) is 11.6 Å². The van der Waals surface area contributed by atoms with Gasteiger partial charge in [-0.15, -0.1) is 0 Å². The number of hydrogen-bond donors (Lipinski definition) is 0. The number of esters is 2. The molecule has 1 aliphatic rings. The average molecular weight is 607 g/mol. The molecule has 0 fully saturated rings. The van der Waals surface area contributed by atoms with Crippen LogP contribution < -0.4 is 29.1 Å². The minimum absolute atomic E-state index is 0.171. The molecule has 2 aromatic carbocycles. The summed E-state index contributed by atoms with van der Waals surface area (Å²) in [5.74, 6) is 0.489. The molecule has 4 rings (SSSR count). The standard InChI is InChI=1S/C32H34N2O8S/c1-6-16-41-24-15-12-22(18-25(24)38-7-2)29-28(31(37)40-9-4)20(5)33-32-34(29)30(36)26(43-32)17-21-10-13-23(14-11-21)42-19-27(35)39-8-3/h6,10-15,17-18,29H,1,7-9,16,19H2,2-5H3/b26-17+/t29-/m0/s1. The molecule has 0 aliphatic carbocycles. The Labute approximate surface area is 253 Å². The SMILES string of the molecule is C=CCOc1ccc([C@H]2C(C(=O)OCC)=C(C)N=c3s/c(=C/c4ccc(OCC(=O)OCC)cc4)c(=O)n32)cc1OCC. The van der Waals surface area contributed by atoms with Crippen molar-refractivity contribution in [1.82, 2.24) is 4.57 Å². The molecule has 11 heteroatoms. The zero-order chi connectivity index (χ0) is 30.9. The molecule has 1 atom stereocenters. The van der Waals surface area contributed by atoms with Crippen molar-refractivity contribution in [2.45, 2.75) is 33.7 Å². The summed E-state index contributed by atoms with van der Waals surface area (Å²) < 4.78 is 29.3. The van der Waals surface area contributed by atoms with Crippen molar-refractivity contribution in [2.24, 2.45) is 4.99 Å². The highest BCUT2D eigenvalue weighted by Crippen LogP contribution is 2.36. The number of carbonyl (C=O) groups excluding carboxylic acids is 2. The Balaban J connectivity index is 1.78. The van der Waals surface area contributed by atoms with Crippen molar-refractivity contribution in [3.05, 3.63) is 97.2 Å². The fourth-order valence-corrected chi connectivity index (χ4v) is 5.54. The summed E-state index contributed by atoms with van der Waals surface area (Å²) in [5.41, 5.74) is 1.81. The Kier molecular flexibility index (Phi) is 10.6. The van der Waals surface area contributed by atoms with Crippen LogP contribution in [-0.2, 0) is 19.1 Å². The van der Waals surface area contributed by atoms with Gasteiger partial charge < -0.3 is 23.7 Å². The van der Waals surface area contributed by atoms with Gasteiger partial charge in [-0.25, -0.2) is 14.6 Å². The third kappa shape index (κ3) is 7.23. The lowest BCUT2D eigenvalue weighted by molar-refractivity contribution is -0.145. The molecule has 10 nitrogen and oxygen atoms in total. The largest absolute Gasteiger partial charge is 0.490 e. The van der Waals surface area contributed by atoms with Crippen LogP contribution in [-0.4, -0.2) is 49.5 Å². The number of ether oxygens (including phenoxy) is 5. The molecular weight excluding hydrogens is 572 g/mol. The summed E-state index contributed by atoms with van der Waals surface area (Å²) in [6, 6.07) is 11.5. The third-order valence-electron chi connectivity index (χ3n) is 6.30. The van der Waals surface area contributed by atoms with Gasteiger partial charge >= 0.3 is 11.9 Å². The van der Waals surface area contributed by atoms with Crippen molar-refractivity contribution in [2.75, 3.05) is 33.0 Å². The lowest BCUT2D eigenvalue weighted by Crippen LogP contribution is -2.40. The molecule has 3 aromatic rings. The van der Waals surface area contributed by atoms with Crippen LogP contribution >= 0.6 is 11.3 Å². The van der Waals surface area contributed by atoms with Gasteiger partial charge in [-0.2, -0.15) is 0 Å². The van der Waals surface area contributed by atoms with E-state index in [-0.39, 0.29) is 31.0 Å². The Morgan fingerprint density at radius 1 is 0.977 bits per heavy atom. The molecule has 0 saturated carbocycles. The zero-order valence-electron chi connectivity index (χ0n) is 24.6. The monoisotopic (exact) mass is 606 g/mol. The average Bonchev–Trinajstić information content (AvgIpc) is 3.29. The van der Waals surface area contributed by atoms with E-state index in [0.29, 0.717) is 51.1 Å². The first-order chi connectivity index (χ1) is 20.8. The normalized spacial score (nSPS) is 14.4. The zero-order valence-corrected chi connectivity index (χ0v) is 25.4. The van der Waals surface area contributed by atoms with Gasteiger partial charge in [-0.3, -0.25) is 9.36 Å². The Hall–Kier alpha value is -4.64. The molecular formula is C32H34N2O8S. The smallest absolute Gasteiger partial charge is 0.344 e. The highest BCUT2D eigenvalue weighted by atomic mass is 32.1. The minimum atomic E-state index is -0.802. The van der Waals surface area contributed by atoms with E-state index in [1.807, 2.05) is 6.92 Å². The van der Waals surface area contributed by atoms with Crippen LogP contribution in [0, 0.1) is 0 Å². The van der Waals surface area contributed by atoms with E-state index in [1.54, 1.807) is 75.4 Å². The number of allylic oxidation sites excluding steroid dienone is 1. The first kappa shape index (κ1) is 31.3. The molecule has 0 saturated heterocycles. The summed E-state index contributed by atoms with van der Waals surface area (Å²) in [6.45, 7) is 11.7. The number of thiazole rings is 1. The van der Waals surface area contributed by atoms with Crippen molar-refractivity contribution in [3.8, 4) is 17.2 Å². The van der Waals surface area contributed by atoms with Crippen LogP contribution in [0.1, 0.15) is 44.9 Å². The number of rotatable bonds is 13. The second-order valence-electron chi connectivity index (χ2n) is 9.20. The van der Waals surface area contributed by atoms with E-state index >= 15 is 0 Å². The van der Waals surface area contributed by atoms with Crippen LogP contribution in [0.4, 0.5) is 0 Å². The number of carbonyl (C=O) groups is 2. The van der Waals surface area contributed by atoms with E-state index in [0.717, 1.165) is 5.56 Å². The van der Waals surface area contributed by atoms with Gasteiger partial charge in [-0.05, 0) is 69.2 Å². The van der Waals surface area contributed by atoms with Crippen LogP contribution in [0.3, 0.4) is 0 Å². The molecule has 2 heterocycles. The van der Waals surface area contributed by atoms with Gasteiger partial charge in [0.25, 0.3) is 5.56 Å². The van der Waals surface area contributed by atoms with Crippen LogP contribution in [0.5, 0.6) is 17.2 Å². The Morgan fingerprint density at radius 3 is 2.40 bits per heavy atom. The van der Waals surface area contributed by atoms with Crippen LogP contribution in [0.25, 0.3) is 6.08 Å². The number of hydrogen-bond acceptors (Lipinski definition) is 10. The second kappa shape index (κ2) is 14.5. The topological polar surface area (TPSA) is 115 Å². The summed E-state index contributed by atoms with van der Waals surface area (Å²) in [7, 11) is 0. The van der Waals surface area contributed by atoms with Crippen LogP contribution in [0.2, 0.25) is 0 Å². The minimum Gasteiger partial charge on any atom is -0.490 e. The predicted molar refractivity (Wildman–Crippen MR) is 162 cm³/mol. The molecule has 0 N–H and O–H groups in total. The molecule has 0 spiro atoms. The van der Waals surface area contributed by atoms with Gasteiger partial charge in [0, 0.05) is 0 Å². The second-order valence-corrected chi connectivity index (χ2v) is 10.2. The number of benzene rings is 2. The first-order valence-corrected chi connectivity index (χ1v) is 14.7. The Bertz CT molecular complexity index is 1700. The molecule has 0 bridgehead atoms. The molecule has 0 amide bonds. The molecule has 1 aliphatic heterocycles. The fourth-order valence-electron chi connectivity index (χ4n) is 4.49. The van der Waals surface area contributed by atoms with E-state index in [9.17, 15) is 14.4 Å². The van der Waals surface area contributed by atoms with Crippen molar-refractivity contribution < 1.29 is 33.3 Å². The molecule has 226 valence electrons. The summed E-state index contributed by atoms with van der Waals surface area (Å²) in [4.78, 5) is 43.8. The number of fused-ring (bicyclic) bond motifs is 1. The van der Waals surface area contributed by atoms with Gasteiger partial charge in [-0.1, -0.05) is 42.2 Å². The number of nitrogens with zero attached hydrogens (tertiary/aromatic N) is 2. The van der Waals surface area contributed by atoms with Gasteiger partial charge in [0.05, 0.1) is 41.7 Å². The first-order valence-electron chi connectivity index (χ1n) is 13.9. The highest BCUT2D eigenvalue weighted by Gasteiger charge is 2.34. The maximum atomic E-state index is 13.9. The Morgan fingerprint density at radius 2 is 1.72 bits per heavy atom. The van der Waals surface area contributed by atoms with Crippen LogP contribution in [0.15, 0.2) is 76.2 Å². The molecule has 1 aromatic heterocycles. The highest BCUT2D eigenvalue weighted by molar-refractivity contribution is 7.07. The summed E-state index contributed by atoms with van der Waals surface area (Å²) in [5, 5.41) is 0. The molecule has 0 unspecified atom stereocenters. The lowest BCUT2D eigenvalue weighted by atomic mass is 9.95. The van der Waals surface area contributed by atoms with E-state index in [4.69, 9.17) is 23.7 Å². The van der Waals surface area contributed by atoms with Crippen molar-refractivity contribution >= 4 is 29.4 Å². The molecule has 43 heavy (non-hydrogen) atoms. The van der Waals surface area contributed by atoms with Gasteiger partial charge in [0.15, 0.2) is 22.9 Å². The van der Waals surface area contributed by atoms with Crippen molar-refractivity contribution in [1.29, 1.82) is 0 Å².